The molecule has 0 aliphatic heterocycles. The van der Waals surface area contributed by atoms with E-state index in [1.807, 2.05) is 42.5 Å². The summed E-state index contributed by atoms with van der Waals surface area (Å²) in [7, 11) is 0. The third kappa shape index (κ3) is 5.18. The van der Waals surface area contributed by atoms with Crippen molar-refractivity contribution in [1.29, 1.82) is 0 Å². The standard InChI is InChI=1S/C31H32N4O3/c1-3-5-17-35-28-14-13-21(23-10-8-11-25-24(23)15-16-33-31(25)32)18-26(28)27(34-35)20-38-29-12-7-6-9-22(29)19-30(36)37-4-2/h6-16,18H,3-5,17,19-20H2,1-2H3,(H2,32,33). The van der Waals surface area contributed by atoms with E-state index in [1.165, 1.54) is 0 Å². The number of pyridine rings is 1. The highest BCUT2D eigenvalue weighted by atomic mass is 16.5. The van der Waals surface area contributed by atoms with Crippen LogP contribution in [-0.2, 0) is 29.1 Å². The van der Waals surface area contributed by atoms with Crippen molar-refractivity contribution < 1.29 is 14.3 Å². The first-order chi connectivity index (χ1) is 18.6. The maximum atomic E-state index is 12.1. The number of fused-ring (bicyclic) bond motifs is 2. The zero-order valence-corrected chi connectivity index (χ0v) is 21.8. The number of nitrogens with two attached hydrogens (primary N) is 1. The molecular weight excluding hydrogens is 476 g/mol. The Morgan fingerprint density at radius 3 is 2.68 bits per heavy atom. The molecule has 2 aromatic heterocycles. The molecule has 0 fully saturated rings. The number of nitrogen functional groups attached to an aromatic ring is 1. The van der Waals surface area contributed by atoms with Crippen LogP contribution < -0.4 is 10.5 Å². The Morgan fingerprint density at radius 2 is 1.84 bits per heavy atom. The Hall–Kier alpha value is -4.39. The molecule has 0 saturated heterocycles. The molecule has 0 spiro atoms. The normalized spacial score (nSPS) is 11.2. The molecule has 38 heavy (non-hydrogen) atoms. The third-order valence-electron chi connectivity index (χ3n) is 6.68. The van der Waals surface area contributed by atoms with E-state index in [1.54, 1.807) is 13.1 Å². The van der Waals surface area contributed by atoms with Crippen molar-refractivity contribution in [3.63, 3.8) is 0 Å². The first-order valence-electron chi connectivity index (χ1n) is 13.1. The van der Waals surface area contributed by atoms with Crippen LogP contribution in [0.15, 0.2) is 72.9 Å². The van der Waals surface area contributed by atoms with Crippen molar-refractivity contribution in [2.75, 3.05) is 12.3 Å². The first-order valence-corrected chi connectivity index (χ1v) is 13.1. The van der Waals surface area contributed by atoms with Crippen LogP contribution in [0.3, 0.4) is 0 Å². The van der Waals surface area contributed by atoms with Crippen LogP contribution in [0.2, 0.25) is 0 Å². The highest BCUT2D eigenvalue weighted by Crippen LogP contribution is 2.33. The molecule has 0 bridgehead atoms. The molecule has 7 nitrogen and oxygen atoms in total. The number of nitrogens with zero attached hydrogens (tertiary/aromatic N) is 3. The number of benzene rings is 3. The van der Waals surface area contributed by atoms with Gasteiger partial charge < -0.3 is 15.2 Å². The monoisotopic (exact) mass is 508 g/mol. The van der Waals surface area contributed by atoms with Crippen LogP contribution in [0.5, 0.6) is 5.75 Å². The molecule has 7 heteroatoms. The van der Waals surface area contributed by atoms with Crippen molar-refractivity contribution in [1.82, 2.24) is 14.8 Å². The van der Waals surface area contributed by atoms with Crippen molar-refractivity contribution >= 4 is 33.5 Å². The minimum atomic E-state index is -0.270. The van der Waals surface area contributed by atoms with Gasteiger partial charge in [0.2, 0.25) is 0 Å². The van der Waals surface area contributed by atoms with E-state index in [-0.39, 0.29) is 19.0 Å². The molecule has 0 saturated carbocycles. The lowest BCUT2D eigenvalue weighted by Gasteiger charge is -2.11. The van der Waals surface area contributed by atoms with Gasteiger partial charge in [-0.3, -0.25) is 9.48 Å². The topological polar surface area (TPSA) is 92.3 Å². The number of unbranched alkanes of at least 4 members (excludes halogenated alkanes) is 1. The SMILES string of the molecule is CCCCn1nc(COc2ccccc2CC(=O)OCC)c2cc(-c3cccc4c(N)nccc34)ccc21. The highest BCUT2D eigenvalue weighted by Gasteiger charge is 2.16. The number of hydrogen-bond acceptors (Lipinski definition) is 6. The fraction of sp³-hybridized carbons (Fsp3) is 0.258. The van der Waals surface area contributed by atoms with Gasteiger partial charge in [-0.05, 0) is 54.1 Å². The summed E-state index contributed by atoms with van der Waals surface area (Å²) in [5.74, 6) is 0.909. The van der Waals surface area contributed by atoms with Crippen molar-refractivity contribution in [2.24, 2.45) is 0 Å². The van der Waals surface area contributed by atoms with Crippen LogP contribution in [0.25, 0.3) is 32.8 Å². The summed E-state index contributed by atoms with van der Waals surface area (Å²) in [4.78, 5) is 16.3. The van der Waals surface area contributed by atoms with Crippen molar-refractivity contribution in [3.05, 3.63) is 84.2 Å². The maximum absolute atomic E-state index is 12.1. The number of aromatic nitrogens is 3. The summed E-state index contributed by atoms with van der Waals surface area (Å²) in [6.07, 6.45) is 4.03. The number of aryl methyl sites for hydroxylation is 1. The molecule has 2 N–H and O–H groups in total. The van der Waals surface area contributed by atoms with Gasteiger partial charge in [-0.25, -0.2) is 4.98 Å². The number of anilines is 1. The summed E-state index contributed by atoms with van der Waals surface area (Å²) in [6, 6.07) is 22.1. The highest BCUT2D eigenvalue weighted by molar-refractivity contribution is 6.02. The third-order valence-corrected chi connectivity index (χ3v) is 6.68. The molecule has 0 atom stereocenters. The summed E-state index contributed by atoms with van der Waals surface area (Å²) in [6.45, 7) is 5.45. The van der Waals surface area contributed by atoms with Gasteiger partial charge >= 0.3 is 5.97 Å². The second kappa shape index (κ2) is 11.3. The minimum absolute atomic E-state index is 0.166. The van der Waals surface area contributed by atoms with Gasteiger partial charge in [0.1, 0.15) is 23.9 Å². The predicted molar refractivity (Wildman–Crippen MR) is 151 cm³/mol. The molecule has 3 aromatic carbocycles. The summed E-state index contributed by atoms with van der Waals surface area (Å²) in [5, 5.41) is 7.98. The molecule has 0 aliphatic rings. The molecule has 0 unspecified atom stereocenters. The van der Waals surface area contributed by atoms with Gasteiger partial charge in [-0.2, -0.15) is 5.10 Å². The molecule has 2 heterocycles. The summed E-state index contributed by atoms with van der Waals surface area (Å²) < 4.78 is 13.5. The molecule has 5 aromatic rings. The van der Waals surface area contributed by atoms with Crippen LogP contribution >= 0.6 is 0 Å². The number of carbonyl (C=O) groups excluding carboxylic acids is 1. The first kappa shape index (κ1) is 25.3. The van der Waals surface area contributed by atoms with E-state index in [2.05, 4.69) is 40.9 Å². The fourth-order valence-corrected chi connectivity index (χ4v) is 4.78. The van der Waals surface area contributed by atoms with E-state index < -0.39 is 0 Å². The minimum Gasteiger partial charge on any atom is -0.487 e. The van der Waals surface area contributed by atoms with Gasteiger partial charge in [0, 0.05) is 29.1 Å². The summed E-state index contributed by atoms with van der Waals surface area (Å²) in [5.41, 5.74) is 11.0. The smallest absolute Gasteiger partial charge is 0.310 e. The molecular formula is C31H32N4O3. The lowest BCUT2D eigenvalue weighted by atomic mass is 9.97. The summed E-state index contributed by atoms with van der Waals surface area (Å²) >= 11 is 0. The van der Waals surface area contributed by atoms with Gasteiger partial charge in [0.05, 0.1) is 18.5 Å². The Bertz CT molecular complexity index is 1590. The van der Waals surface area contributed by atoms with Gasteiger partial charge in [0.15, 0.2) is 0 Å². The van der Waals surface area contributed by atoms with E-state index in [9.17, 15) is 4.79 Å². The fourth-order valence-electron chi connectivity index (χ4n) is 4.78. The van der Waals surface area contributed by atoms with Gasteiger partial charge in [0.25, 0.3) is 0 Å². The largest absolute Gasteiger partial charge is 0.487 e. The zero-order valence-electron chi connectivity index (χ0n) is 21.8. The molecule has 194 valence electrons. The number of esters is 1. The van der Waals surface area contributed by atoms with E-state index >= 15 is 0 Å². The lowest BCUT2D eigenvalue weighted by Crippen LogP contribution is -2.09. The number of carbonyl (C=O) groups is 1. The van der Waals surface area contributed by atoms with Crippen LogP contribution in [0, 0.1) is 0 Å². The van der Waals surface area contributed by atoms with Crippen LogP contribution in [0.1, 0.15) is 37.9 Å². The lowest BCUT2D eigenvalue weighted by molar-refractivity contribution is -0.142. The Balaban J connectivity index is 1.52. The van der Waals surface area contributed by atoms with E-state index in [0.29, 0.717) is 18.2 Å². The van der Waals surface area contributed by atoms with Crippen molar-refractivity contribution in [3.8, 4) is 16.9 Å². The Labute approximate surface area is 222 Å². The van der Waals surface area contributed by atoms with E-state index in [4.69, 9.17) is 20.3 Å². The quantitative estimate of drug-likeness (QED) is 0.222. The average molecular weight is 509 g/mol. The second-order valence-corrected chi connectivity index (χ2v) is 9.23. The molecule has 0 amide bonds. The molecule has 0 radical (unpaired) electrons. The average Bonchev–Trinajstić information content (AvgIpc) is 3.28. The Kier molecular flexibility index (Phi) is 7.54. The van der Waals surface area contributed by atoms with E-state index in [0.717, 1.165) is 63.4 Å². The zero-order chi connectivity index (χ0) is 26.5. The Morgan fingerprint density at radius 1 is 0.974 bits per heavy atom. The van der Waals surface area contributed by atoms with Crippen molar-refractivity contribution in [2.45, 2.75) is 46.3 Å². The van der Waals surface area contributed by atoms with Gasteiger partial charge in [-0.1, -0.05) is 55.8 Å². The predicted octanol–water partition coefficient (Wildman–Crippen LogP) is 6.32. The number of para-hydroxylation sites is 1. The van der Waals surface area contributed by atoms with Gasteiger partial charge in [-0.15, -0.1) is 0 Å². The van der Waals surface area contributed by atoms with Crippen LogP contribution in [0.4, 0.5) is 5.82 Å². The molecule has 0 aliphatic carbocycles. The molecule has 5 rings (SSSR count). The number of rotatable bonds is 10. The van der Waals surface area contributed by atoms with Crippen LogP contribution in [-0.4, -0.2) is 27.3 Å². The number of hydrogen-bond donors (Lipinski definition) is 1. The second-order valence-electron chi connectivity index (χ2n) is 9.23. The number of ether oxygens (including phenoxy) is 2. The maximum Gasteiger partial charge on any atom is 0.310 e.